The summed E-state index contributed by atoms with van der Waals surface area (Å²) in [5, 5.41) is 2.30. The first kappa shape index (κ1) is 11.3. The van der Waals surface area contributed by atoms with E-state index in [4.69, 9.17) is 13.4 Å². The molecule has 2 rings (SSSR count). The van der Waals surface area contributed by atoms with E-state index >= 15 is 0 Å². The van der Waals surface area contributed by atoms with Gasteiger partial charge in [-0.1, -0.05) is 0 Å². The summed E-state index contributed by atoms with van der Waals surface area (Å²) in [6.45, 7) is 8.33. The summed E-state index contributed by atoms with van der Waals surface area (Å²) >= 11 is 0. The molecule has 1 aromatic carbocycles. The molecule has 0 spiro atoms. The molecule has 0 aromatic heterocycles. The fraction of sp³-hybridized carbons (Fsp3) is 0.500. The zero-order valence-corrected chi connectivity index (χ0v) is 12.2. The number of hydrogen-bond donors (Lipinski definition) is 1. The van der Waals surface area contributed by atoms with Crippen LogP contribution in [0.1, 0.15) is 38.7 Å². The molecule has 1 aliphatic heterocycles. The summed E-state index contributed by atoms with van der Waals surface area (Å²) < 4.78 is 49.5. The van der Waals surface area contributed by atoms with Gasteiger partial charge in [0.15, 0.2) is 0 Å². The number of halogens is 1. The smallest absolute Gasteiger partial charge is 0.399 e. The molecule has 0 saturated carbocycles. The summed E-state index contributed by atoms with van der Waals surface area (Å²) in [4.78, 5) is 11.3. The van der Waals surface area contributed by atoms with Crippen LogP contribution in [0.15, 0.2) is 18.1 Å². The van der Waals surface area contributed by atoms with Gasteiger partial charge in [-0.15, -0.1) is 0 Å². The Hall–Kier alpha value is -1.40. The van der Waals surface area contributed by atoms with Crippen molar-refractivity contribution in [2.45, 2.75) is 45.8 Å². The molecule has 0 aliphatic carbocycles. The average molecular weight is 282 g/mol. The van der Waals surface area contributed by atoms with E-state index in [0.29, 0.717) is 0 Å². The second-order valence-electron chi connectivity index (χ2n) is 5.75. The number of carbonyl (C=O) groups is 1. The van der Waals surface area contributed by atoms with Gasteiger partial charge in [0, 0.05) is 18.1 Å². The first-order valence-electron chi connectivity index (χ1n) is 7.81. The summed E-state index contributed by atoms with van der Waals surface area (Å²) in [5.41, 5.74) is -2.00. The van der Waals surface area contributed by atoms with Crippen molar-refractivity contribution in [1.82, 2.24) is 0 Å². The predicted molar refractivity (Wildman–Crippen MR) is 76.4 cm³/mol. The Balaban J connectivity index is 2.60. The number of amides is 1. The molecule has 1 N–H and O–H groups in total. The molecule has 20 heavy (non-hydrogen) atoms. The minimum atomic E-state index is -1.19. The fourth-order valence-electron chi connectivity index (χ4n) is 1.77. The lowest BCUT2D eigenvalue weighted by molar-refractivity contribution is -0.114. The van der Waals surface area contributed by atoms with Gasteiger partial charge in [-0.2, -0.15) is 0 Å². The number of rotatable bonds is 2. The Labute approximate surface area is 123 Å². The fourth-order valence-corrected chi connectivity index (χ4v) is 1.77. The normalized spacial score (nSPS) is 22.1. The number of nitrogens with one attached hydrogen (secondary N) is 1. The van der Waals surface area contributed by atoms with Crippen molar-refractivity contribution in [1.29, 1.82) is 0 Å². The summed E-state index contributed by atoms with van der Waals surface area (Å²) in [6, 6.07) is -1.69. The first-order chi connectivity index (χ1) is 10.4. The number of hydrogen-bond acceptors (Lipinski definition) is 3. The highest BCUT2D eigenvalue weighted by Gasteiger charge is 2.52. The lowest BCUT2D eigenvalue weighted by atomic mass is 9.78. The SMILES string of the molecule is [2H]c1c([2H])c(NC(C)=O)c([2H])c(B2OC(C)(C)C(C)(C)O2)c1F. The van der Waals surface area contributed by atoms with Crippen LogP contribution >= 0.6 is 0 Å². The topological polar surface area (TPSA) is 47.6 Å². The molecule has 1 aliphatic rings. The van der Waals surface area contributed by atoms with Crippen molar-refractivity contribution in [3.8, 4) is 0 Å². The van der Waals surface area contributed by atoms with Crippen LogP contribution in [-0.2, 0) is 14.1 Å². The van der Waals surface area contributed by atoms with Crippen LogP contribution in [-0.4, -0.2) is 24.2 Å². The maximum Gasteiger partial charge on any atom is 0.497 e. The van der Waals surface area contributed by atoms with Crippen molar-refractivity contribution in [2.24, 2.45) is 0 Å². The molecule has 0 radical (unpaired) electrons. The van der Waals surface area contributed by atoms with E-state index in [9.17, 15) is 9.18 Å². The van der Waals surface area contributed by atoms with Crippen molar-refractivity contribution in [3.05, 3.63) is 23.9 Å². The molecule has 108 valence electrons. The van der Waals surface area contributed by atoms with E-state index in [1.54, 1.807) is 27.7 Å². The highest BCUT2D eigenvalue weighted by molar-refractivity contribution is 6.62. The molecular weight excluding hydrogens is 260 g/mol. The van der Waals surface area contributed by atoms with Crippen molar-refractivity contribution < 1.29 is 22.6 Å². The zero-order valence-electron chi connectivity index (χ0n) is 15.2. The number of anilines is 1. The lowest BCUT2D eigenvalue weighted by Gasteiger charge is -2.32. The Morgan fingerprint density at radius 1 is 1.30 bits per heavy atom. The van der Waals surface area contributed by atoms with Gasteiger partial charge in [0.05, 0.1) is 15.3 Å². The van der Waals surface area contributed by atoms with Crippen LogP contribution in [0.3, 0.4) is 0 Å². The molecule has 0 unspecified atom stereocenters. The van der Waals surface area contributed by atoms with E-state index in [-0.39, 0.29) is 11.2 Å². The molecule has 1 amide bonds. The van der Waals surface area contributed by atoms with Crippen LogP contribution in [0.2, 0.25) is 0 Å². The van der Waals surface area contributed by atoms with Crippen molar-refractivity contribution in [2.75, 3.05) is 5.32 Å². The predicted octanol–water partition coefficient (Wildman–Crippen LogP) is 2.08. The third-order valence-electron chi connectivity index (χ3n) is 3.58. The van der Waals surface area contributed by atoms with Gasteiger partial charge in [0.2, 0.25) is 5.91 Å². The van der Waals surface area contributed by atoms with E-state index in [1.165, 1.54) is 6.92 Å². The number of carbonyl (C=O) groups excluding carboxylic acids is 1. The maximum atomic E-state index is 14.5. The zero-order chi connectivity index (χ0) is 17.7. The van der Waals surface area contributed by atoms with Gasteiger partial charge in [-0.25, -0.2) is 4.39 Å². The van der Waals surface area contributed by atoms with Crippen LogP contribution in [0.5, 0.6) is 0 Å². The van der Waals surface area contributed by atoms with Gasteiger partial charge in [-0.3, -0.25) is 4.79 Å². The highest BCUT2D eigenvalue weighted by atomic mass is 19.1. The van der Waals surface area contributed by atoms with Gasteiger partial charge in [0.1, 0.15) is 5.82 Å². The quantitative estimate of drug-likeness (QED) is 0.845. The van der Waals surface area contributed by atoms with Gasteiger partial charge >= 0.3 is 7.12 Å². The van der Waals surface area contributed by atoms with E-state index in [2.05, 4.69) is 5.32 Å². The molecule has 0 atom stereocenters. The molecule has 0 bridgehead atoms. The van der Waals surface area contributed by atoms with Gasteiger partial charge in [0.25, 0.3) is 0 Å². The van der Waals surface area contributed by atoms with Crippen LogP contribution in [0, 0.1) is 5.82 Å². The van der Waals surface area contributed by atoms with E-state index in [1.807, 2.05) is 0 Å². The second-order valence-corrected chi connectivity index (χ2v) is 5.75. The van der Waals surface area contributed by atoms with Gasteiger partial charge in [-0.05, 0) is 45.8 Å². The Morgan fingerprint density at radius 2 is 1.85 bits per heavy atom. The van der Waals surface area contributed by atoms with E-state index in [0.717, 1.165) is 0 Å². The third kappa shape index (κ3) is 2.71. The van der Waals surface area contributed by atoms with Crippen molar-refractivity contribution >= 4 is 24.2 Å². The molecule has 1 saturated heterocycles. The molecule has 4 nitrogen and oxygen atoms in total. The summed E-state index contributed by atoms with van der Waals surface area (Å²) in [7, 11) is -1.19. The second kappa shape index (κ2) is 4.86. The monoisotopic (exact) mass is 282 g/mol. The minimum Gasteiger partial charge on any atom is -0.399 e. The molecule has 1 aromatic rings. The minimum absolute atomic E-state index is 0.228. The Bertz CT molecular complexity index is 666. The first-order valence-corrected chi connectivity index (χ1v) is 6.31. The molecule has 1 heterocycles. The summed E-state index contributed by atoms with van der Waals surface area (Å²) in [6.07, 6.45) is 0. The van der Waals surface area contributed by atoms with Gasteiger partial charge < -0.3 is 14.6 Å². The largest absolute Gasteiger partial charge is 0.497 e. The standard InChI is InChI=1S/C14H19BFNO3/c1-9(18)17-10-6-7-12(16)11(8-10)15-19-13(2,3)14(4,5)20-15/h6-8H,1-5H3,(H,17,18)/i6D,7D,8D. The van der Waals surface area contributed by atoms with Crippen molar-refractivity contribution in [3.63, 3.8) is 0 Å². The number of benzene rings is 1. The highest BCUT2D eigenvalue weighted by Crippen LogP contribution is 2.36. The van der Waals surface area contributed by atoms with Crippen LogP contribution < -0.4 is 10.8 Å². The Morgan fingerprint density at radius 3 is 2.35 bits per heavy atom. The third-order valence-corrected chi connectivity index (χ3v) is 3.58. The average Bonchev–Trinajstić information content (AvgIpc) is 2.61. The molecular formula is C14H19BFNO3. The van der Waals surface area contributed by atoms with E-state index < -0.39 is 48.2 Å². The summed E-state index contributed by atoms with van der Waals surface area (Å²) in [5.74, 6) is -1.56. The molecule has 1 fully saturated rings. The lowest BCUT2D eigenvalue weighted by Crippen LogP contribution is -2.41. The van der Waals surface area contributed by atoms with Crippen LogP contribution in [0.25, 0.3) is 0 Å². The van der Waals surface area contributed by atoms with Crippen LogP contribution in [0.4, 0.5) is 10.1 Å². The maximum absolute atomic E-state index is 14.5. The molecule has 6 heteroatoms. The Kier molecular flexibility index (Phi) is 2.74.